The zero-order valence-corrected chi connectivity index (χ0v) is 16.7. The molecule has 0 aliphatic carbocycles. The van der Waals surface area contributed by atoms with Gasteiger partial charge < -0.3 is 14.8 Å². The highest BCUT2D eigenvalue weighted by molar-refractivity contribution is 7.80. The fourth-order valence-electron chi connectivity index (χ4n) is 2.32. The van der Waals surface area contributed by atoms with E-state index in [1.165, 1.54) is 19.4 Å². The van der Waals surface area contributed by atoms with Crippen LogP contribution in [0.4, 0.5) is 5.69 Å². The van der Waals surface area contributed by atoms with E-state index in [0.29, 0.717) is 17.2 Å². The van der Waals surface area contributed by atoms with Gasteiger partial charge in [-0.1, -0.05) is 29.8 Å². The van der Waals surface area contributed by atoms with Crippen LogP contribution in [0, 0.1) is 17.0 Å². The predicted molar refractivity (Wildman–Crippen MR) is 112 cm³/mol. The molecule has 8 nitrogen and oxygen atoms in total. The molecule has 0 unspecified atom stereocenters. The van der Waals surface area contributed by atoms with Crippen molar-refractivity contribution in [1.82, 2.24) is 10.7 Å². The first-order valence-corrected chi connectivity index (χ1v) is 8.97. The Morgan fingerprint density at radius 1 is 1.32 bits per heavy atom. The molecule has 0 aliphatic heterocycles. The van der Waals surface area contributed by atoms with Crippen LogP contribution in [0.25, 0.3) is 0 Å². The lowest BCUT2D eigenvalue weighted by Crippen LogP contribution is -2.31. The van der Waals surface area contributed by atoms with Crippen LogP contribution in [0.3, 0.4) is 0 Å². The molecule has 0 aromatic heterocycles. The van der Waals surface area contributed by atoms with Crippen LogP contribution in [0.5, 0.6) is 11.5 Å². The van der Waals surface area contributed by atoms with Gasteiger partial charge >= 0.3 is 5.69 Å². The molecule has 148 valence electrons. The highest BCUT2D eigenvalue weighted by Crippen LogP contribution is 2.38. The zero-order chi connectivity index (χ0) is 20.5. The molecule has 0 aliphatic rings. The van der Waals surface area contributed by atoms with Gasteiger partial charge in [-0.05, 0) is 37.7 Å². The minimum atomic E-state index is -0.513. The van der Waals surface area contributed by atoms with E-state index < -0.39 is 4.92 Å². The third-order valence-corrected chi connectivity index (χ3v) is 3.93. The lowest BCUT2D eigenvalue weighted by molar-refractivity contribution is -0.386. The summed E-state index contributed by atoms with van der Waals surface area (Å²) in [6, 6.07) is 10.7. The van der Waals surface area contributed by atoms with Gasteiger partial charge in [-0.3, -0.25) is 15.5 Å². The highest BCUT2D eigenvalue weighted by atomic mass is 32.1. The van der Waals surface area contributed by atoms with Crippen molar-refractivity contribution >= 4 is 29.2 Å². The topological polar surface area (TPSA) is 98.0 Å². The fourth-order valence-corrected chi connectivity index (χ4v) is 2.52. The van der Waals surface area contributed by atoms with Crippen LogP contribution in [-0.2, 0) is 6.61 Å². The van der Waals surface area contributed by atoms with E-state index in [4.69, 9.17) is 21.7 Å². The average Bonchev–Trinajstić information content (AvgIpc) is 2.67. The predicted octanol–water partition coefficient (Wildman–Crippen LogP) is 3.31. The fraction of sp³-hybridized carbons (Fsp3) is 0.263. The molecule has 28 heavy (non-hydrogen) atoms. The molecule has 0 spiro atoms. The summed E-state index contributed by atoms with van der Waals surface area (Å²) in [5.74, 6) is 0.318. The Morgan fingerprint density at radius 3 is 2.64 bits per heavy atom. The smallest absolute Gasteiger partial charge is 0.315 e. The van der Waals surface area contributed by atoms with Gasteiger partial charge in [-0.2, -0.15) is 5.10 Å². The van der Waals surface area contributed by atoms with Crippen LogP contribution in [-0.4, -0.2) is 29.9 Å². The highest BCUT2D eigenvalue weighted by Gasteiger charge is 2.22. The summed E-state index contributed by atoms with van der Waals surface area (Å²) in [4.78, 5) is 11.0. The summed E-state index contributed by atoms with van der Waals surface area (Å²) in [5, 5.41) is 18.8. The van der Waals surface area contributed by atoms with Gasteiger partial charge in [0.2, 0.25) is 5.75 Å². The van der Waals surface area contributed by atoms with Gasteiger partial charge in [0.25, 0.3) is 0 Å². The number of hydrogen-bond donors (Lipinski definition) is 2. The minimum Gasteiger partial charge on any atom is -0.493 e. The number of nitro groups is 1. The molecule has 0 saturated heterocycles. The molecule has 0 fully saturated rings. The van der Waals surface area contributed by atoms with Gasteiger partial charge in [0.05, 0.1) is 18.2 Å². The van der Waals surface area contributed by atoms with Gasteiger partial charge in [0.1, 0.15) is 6.61 Å². The first-order valence-electron chi connectivity index (χ1n) is 8.56. The lowest BCUT2D eigenvalue weighted by atomic mass is 10.1. The van der Waals surface area contributed by atoms with Crippen molar-refractivity contribution in [2.75, 3.05) is 13.7 Å². The van der Waals surface area contributed by atoms with Crippen molar-refractivity contribution < 1.29 is 14.4 Å². The molecule has 0 amide bonds. The second-order valence-electron chi connectivity index (χ2n) is 5.83. The Balaban J connectivity index is 2.24. The lowest BCUT2D eigenvalue weighted by Gasteiger charge is -2.12. The van der Waals surface area contributed by atoms with E-state index in [2.05, 4.69) is 15.8 Å². The number of hydrazone groups is 1. The summed E-state index contributed by atoms with van der Waals surface area (Å²) in [7, 11) is 1.43. The Hall–Kier alpha value is -3.20. The van der Waals surface area contributed by atoms with Gasteiger partial charge in [-0.15, -0.1) is 0 Å². The molecule has 0 bridgehead atoms. The Morgan fingerprint density at radius 2 is 2.04 bits per heavy atom. The maximum atomic E-state index is 11.5. The second-order valence-corrected chi connectivity index (χ2v) is 6.24. The van der Waals surface area contributed by atoms with E-state index in [-0.39, 0.29) is 23.8 Å². The van der Waals surface area contributed by atoms with Gasteiger partial charge in [0, 0.05) is 18.2 Å². The largest absolute Gasteiger partial charge is 0.493 e. The molecule has 2 aromatic rings. The molecular weight excluding hydrogens is 380 g/mol. The van der Waals surface area contributed by atoms with Crippen molar-refractivity contribution in [2.45, 2.75) is 20.5 Å². The number of ether oxygens (including phenoxy) is 2. The van der Waals surface area contributed by atoms with E-state index in [0.717, 1.165) is 11.1 Å². The van der Waals surface area contributed by atoms with E-state index in [1.54, 1.807) is 6.07 Å². The number of methoxy groups -OCH3 is 1. The summed E-state index contributed by atoms with van der Waals surface area (Å²) >= 11 is 5.01. The number of aryl methyl sites for hydroxylation is 1. The molecule has 0 saturated carbocycles. The normalized spacial score (nSPS) is 10.5. The van der Waals surface area contributed by atoms with Crippen LogP contribution in [0.1, 0.15) is 23.6 Å². The maximum absolute atomic E-state index is 11.5. The van der Waals surface area contributed by atoms with Crippen LogP contribution in [0.15, 0.2) is 41.5 Å². The third kappa shape index (κ3) is 5.92. The SMILES string of the molecule is CCNC(=S)N/N=C/c1cc(OC)c(OCc2ccc(C)cc2)c([N+](=O)[O-])c1. The molecular formula is C19H22N4O4S. The van der Waals surface area contributed by atoms with Crippen LogP contribution in [0.2, 0.25) is 0 Å². The monoisotopic (exact) mass is 402 g/mol. The van der Waals surface area contributed by atoms with E-state index in [1.807, 2.05) is 38.1 Å². The first-order chi connectivity index (χ1) is 13.4. The van der Waals surface area contributed by atoms with Gasteiger partial charge in [-0.25, -0.2) is 0 Å². The standard InChI is InChI=1S/C19H22N4O4S/c1-4-20-19(28)22-21-11-15-9-16(23(24)25)18(17(10-15)26-3)27-12-14-7-5-13(2)6-8-14/h5-11H,4,12H2,1-3H3,(H2,20,22,28)/b21-11+. The number of nitro benzene ring substituents is 1. The summed E-state index contributed by atoms with van der Waals surface area (Å²) in [6.07, 6.45) is 1.42. The van der Waals surface area contributed by atoms with Crippen LogP contribution < -0.4 is 20.2 Å². The zero-order valence-electron chi connectivity index (χ0n) is 15.9. The van der Waals surface area contributed by atoms with E-state index in [9.17, 15) is 10.1 Å². The van der Waals surface area contributed by atoms with Crippen LogP contribution >= 0.6 is 12.2 Å². The third-order valence-electron chi connectivity index (χ3n) is 3.70. The minimum absolute atomic E-state index is 0.0707. The summed E-state index contributed by atoms with van der Waals surface area (Å²) in [5.41, 5.74) is 4.92. The number of thiocarbonyl (C=S) groups is 1. The molecule has 0 radical (unpaired) electrons. The first kappa shape index (κ1) is 21.1. The summed E-state index contributed by atoms with van der Waals surface area (Å²) in [6.45, 7) is 4.73. The average molecular weight is 402 g/mol. The van der Waals surface area contributed by atoms with Crippen molar-refractivity contribution in [3.63, 3.8) is 0 Å². The molecule has 0 heterocycles. The van der Waals surface area contributed by atoms with Gasteiger partial charge in [0.15, 0.2) is 10.9 Å². The number of hydrogen-bond acceptors (Lipinski definition) is 6. The Bertz CT molecular complexity index is 869. The summed E-state index contributed by atoms with van der Waals surface area (Å²) < 4.78 is 11.0. The van der Waals surface area contributed by atoms with Crippen molar-refractivity contribution in [3.8, 4) is 11.5 Å². The molecule has 2 rings (SSSR count). The molecule has 9 heteroatoms. The second kappa shape index (κ2) is 10.2. The van der Waals surface area contributed by atoms with E-state index >= 15 is 0 Å². The maximum Gasteiger partial charge on any atom is 0.315 e. The number of nitrogens with zero attached hydrogens (tertiary/aromatic N) is 2. The molecule has 2 aromatic carbocycles. The molecule has 0 atom stereocenters. The van der Waals surface area contributed by atoms with Crippen molar-refractivity contribution in [3.05, 3.63) is 63.2 Å². The quantitative estimate of drug-likeness (QED) is 0.302. The Kier molecular flexibility index (Phi) is 7.70. The molecule has 2 N–H and O–H groups in total. The number of benzene rings is 2. The number of nitrogens with one attached hydrogen (secondary N) is 2. The van der Waals surface area contributed by atoms with Crippen molar-refractivity contribution in [1.29, 1.82) is 0 Å². The van der Waals surface area contributed by atoms with Crippen molar-refractivity contribution in [2.24, 2.45) is 5.10 Å². The Labute approximate surface area is 168 Å². The number of rotatable bonds is 8.